The van der Waals surface area contributed by atoms with Crippen molar-refractivity contribution in [3.63, 3.8) is 0 Å². The van der Waals surface area contributed by atoms with Crippen LogP contribution in [0, 0.1) is 6.92 Å². The molecule has 2 rings (SSSR count). The van der Waals surface area contributed by atoms with Crippen LogP contribution in [-0.4, -0.2) is 22.6 Å². The van der Waals surface area contributed by atoms with E-state index in [9.17, 15) is 4.79 Å². The zero-order chi connectivity index (χ0) is 14.4. The monoisotopic (exact) mass is 273 g/mol. The zero-order valence-corrected chi connectivity index (χ0v) is 11.9. The molecule has 0 saturated carbocycles. The number of nitrogens with zero attached hydrogens (tertiary/aromatic N) is 3. The van der Waals surface area contributed by atoms with E-state index in [2.05, 4.69) is 10.1 Å². The standard InChI is InChI=1S/C15H19N3O2/c1-3-18(13-8-5-4-6-9-13)15(19)11-7-10-14-16-12(2)17-20-14/h4-6,8-9H,3,7,10-11H2,1-2H3. The first-order valence-corrected chi connectivity index (χ1v) is 6.85. The maximum atomic E-state index is 12.2. The van der Waals surface area contributed by atoms with Gasteiger partial charge in [-0.25, -0.2) is 0 Å². The van der Waals surface area contributed by atoms with E-state index in [0.717, 1.165) is 5.69 Å². The van der Waals surface area contributed by atoms with Crippen molar-refractivity contribution in [1.29, 1.82) is 0 Å². The van der Waals surface area contributed by atoms with Gasteiger partial charge in [-0.05, 0) is 32.4 Å². The molecule has 2 aromatic rings. The number of benzene rings is 1. The highest BCUT2D eigenvalue weighted by Crippen LogP contribution is 2.15. The molecule has 5 heteroatoms. The second-order valence-electron chi connectivity index (χ2n) is 4.56. The average molecular weight is 273 g/mol. The number of aryl methyl sites for hydroxylation is 2. The molecule has 0 N–H and O–H groups in total. The van der Waals surface area contributed by atoms with Crippen molar-refractivity contribution in [2.45, 2.75) is 33.1 Å². The Labute approximate surface area is 118 Å². The van der Waals surface area contributed by atoms with Crippen LogP contribution in [0.2, 0.25) is 0 Å². The van der Waals surface area contributed by atoms with Crippen molar-refractivity contribution in [1.82, 2.24) is 10.1 Å². The summed E-state index contributed by atoms with van der Waals surface area (Å²) in [6.45, 7) is 4.43. The molecule has 0 spiro atoms. The fraction of sp³-hybridized carbons (Fsp3) is 0.400. The molecule has 1 amide bonds. The number of aromatic nitrogens is 2. The van der Waals surface area contributed by atoms with E-state index in [0.29, 0.717) is 37.5 Å². The number of rotatable bonds is 6. The van der Waals surface area contributed by atoms with Crippen LogP contribution in [0.5, 0.6) is 0 Å². The Hall–Kier alpha value is -2.17. The van der Waals surface area contributed by atoms with Crippen LogP contribution in [-0.2, 0) is 11.2 Å². The fourth-order valence-corrected chi connectivity index (χ4v) is 2.08. The van der Waals surface area contributed by atoms with Crippen LogP contribution >= 0.6 is 0 Å². The SMILES string of the molecule is CCN(C(=O)CCCc1nc(C)no1)c1ccccc1. The van der Waals surface area contributed by atoms with Crippen molar-refractivity contribution in [3.8, 4) is 0 Å². The van der Waals surface area contributed by atoms with E-state index in [-0.39, 0.29) is 5.91 Å². The maximum absolute atomic E-state index is 12.2. The number of carbonyl (C=O) groups excluding carboxylic acids is 1. The van der Waals surface area contributed by atoms with E-state index >= 15 is 0 Å². The third-order valence-corrected chi connectivity index (χ3v) is 3.04. The summed E-state index contributed by atoms with van der Waals surface area (Å²) in [6.07, 6.45) is 1.83. The molecule has 1 aromatic heterocycles. The summed E-state index contributed by atoms with van der Waals surface area (Å²) >= 11 is 0. The molecule has 5 nitrogen and oxygen atoms in total. The van der Waals surface area contributed by atoms with Gasteiger partial charge in [0.1, 0.15) is 0 Å². The van der Waals surface area contributed by atoms with E-state index in [1.54, 1.807) is 11.8 Å². The summed E-state index contributed by atoms with van der Waals surface area (Å²) in [7, 11) is 0. The molecule has 1 heterocycles. The molecule has 0 unspecified atom stereocenters. The van der Waals surface area contributed by atoms with Gasteiger partial charge in [0.15, 0.2) is 5.82 Å². The average Bonchev–Trinajstić information content (AvgIpc) is 2.86. The Kier molecular flexibility index (Phi) is 4.87. The van der Waals surface area contributed by atoms with E-state index < -0.39 is 0 Å². The Morgan fingerprint density at radius 3 is 2.65 bits per heavy atom. The Bertz CT molecular complexity index is 551. The summed E-state index contributed by atoms with van der Waals surface area (Å²) < 4.78 is 5.03. The lowest BCUT2D eigenvalue weighted by atomic mass is 10.2. The summed E-state index contributed by atoms with van der Waals surface area (Å²) in [4.78, 5) is 18.1. The molecule has 0 aliphatic carbocycles. The van der Waals surface area contributed by atoms with E-state index in [1.807, 2.05) is 37.3 Å². The maximum Gasteiger partial charge on any atom is 0.226 e. The number of hydrogen-bond acceptors (Lipinski definition) is 4. The van der Waals surface area contributed by atoms with Crippen molar-refractivity contribution in [2.75, 3.05) is 11.4 Å². The molecule has 0 fully saturated rings. The molecule has 20 heavy (non-hydrogen) atoms. The quantitative estimate of drug-likeness (QED) is 0.812. The molecular formula is C15H19N3O2. The second-order valence-corrected chi connectivity index (χ2v) is 4.56. The van der Waals surface area contributed by atoms with Crippen molar-refractivity contribution < 1.29 is 9.32 Å². The van der Waals surface area contributed by atoms with Gasteiger partial charge < -0.3 is 9.42 Å². The lowest BCUT2D eigenvalue weighted by Gasteiger charge is -2.20. The smallest absolute Gasteiger partial charge is 0.226 e. The topological polar surface area (TPSA) is 59.2 Å². The summed E-state index contributed by atoms with van der Waals surface area (Å²) in [5.74, 6) is 1.35. The first kappa shape index (κ1) is 14.2. The zero-order valence-electron chi connectivity index (χ0n) is 11.9. The first-order chi connectivity index (χ1) is 9.70. The third kappa shape index (κ3) is 3.66. The van der Waals surface area contributed by atoms with Gasteiger partial charge in [0.2, 0.25) is 11.8 Å². The molecule has 106 valence electrons. The van der Waals surface area contributed by atoms with Gasteiger partial charge in [0.25, 0.3) is 0 Å². The first-order valence-electron chi connectivity index (χ1n) is 6.85. The van der Waals surface area contributed by atoms with Gasteiger partial charge in [-0.15, -0.1) is 0 Å². The van der Waals surface area contributed by atoms with Crippen LogP contribution in [0.3, 0.4) is 0 Å². The number of para-hydroxylation sites is 1. The molecule has 0 saturated heterocycles. The summed E-state index contributed by atoms with van der Waals surface area (Å²) in [5.41, 5.74) is 0.939. The molecular weight excluding hydrogens is 254 g/mol. The molecule has 0 radical (unpaired) electrons. The van der Waals surface area contributed by atoms with Crippen LogP contribution in [0.1, 0.15) is 31.5 Å². The number of amides is 1. The van der Waals surface area contributed by atoms with E-state index in [1.165, 1.54) is 0 Å². The lowest BCUT2D eigenvalue weighted by Crippen LogP contribution is -2.30. The largest absolute Gasteiger partial charge is 0.339 e. The highest BCUT2D eigenvalue weighted by molar-refractivity contribution is 5.93. The van der Waals surface area contributed by atoms with Gasteiger partial charge in [-0.2, -0.15) is 4.98 Å². The van der Waals surface area contributed by atoms with Gasteiger partial charge in [-0.1, -0.05) is 23.4 Å². The van der Waals surface area contributed by atoms with Gasteiger partial charge >= 0.3 is 0 Å². The minimum atomic E-state index is 0.120. The fourth-order valence-electron chi connectivity index (χ4n) is 2.08. The second kappa shape index (κ2) is 6.84. The van der Waals surface area contributed by atoms with Crippen LogP contribution in [0.25, 0.3) is 0 Å². The minimum Gasteiger partial charge on any atom is -0.339 e. The lowest BCUT2D eigenvalue weighted by molar-refractivity contribution is -0.118. The predicted octanol–water partition coefficient (Wildman–Crippen LogP) is 2.75. The van der Waals surface area contributed by atoms with Crippen molar-refractivity contribution in [2.24, 2.45) is 0 Å². The Morgan fingerprint density at radius 2 is 2.05 bits per heavy atom. The highest BCUT2D eigenvalue weighted by atomic mass is 16.5. The van der Waals surface area contributed by atoms with Gasteiger partial charge in [0.05, 0.1) is 0 Å². The summed E-state index contributed by atoms with van der Waals surface area (Å²) in [6, 6.07) is 9.71. The third-order valence-electron chi connectivity index (χ3n) is 3.04. The minimum absolute atomic E-state index is 0.120. The normalized spacial score (nSPS) is 10.5. The van der Waals surface area contributed by atoms with Crippen molar-refractivity contribution in [3.05, 3.63) is 42.0 Å². The van der Waals surface area contributed by atoms with Crippen LogP contribution in [0.15, 0.2) is 34.9 Å². The molecule has 1 aromatic carbocycles. The Balaban J connectivity index is 1.87. The van der Waals surface area contributed by atoms with Crippen LogP contribution < -0.4 is 4.90 Å². The number of hydrogen-bond donors (Lipinski definition) is 0. The van der Waals surface area contributed by atoms with E-state index in [4.69, 9.17) is 4.52 Å². The summed E-state index contributed by atoms with van der Waals surface area (Å²) in [5, 5.41) is 3.73. The van der Waals surface area contributed by atoms with Gasteiger partial charge in [-0.3, -0.25) is 4.79 Å². The molecule has 0 aliphatic heterocycles. The van der Waals surface area contributed by atoms with Gasteiger partial charge in [0, 0.05) is 25.1 Å². The molecule has 0 bridgehead atoms. The molecule has 0 aliphatic rings. The number of carbonyl (C=O) groups is 1. The number of anilines is 1. The predicted molar refractivity (Wildman–Crippen MR) is 76.4 cm³/mol. The van der Waals surface area contributed by atoms with Crippen LogP contribution in [0.4, 0.5) is 5.69 Å². The Morgan fingerprint density at radius 1 is 1.30 bits per heavy atom. The van der Waals surface area contributed by atoms with Crippen molar-refractivity contribution >= 4 is 11.6 Å². The molecule has 0 atom stereocenters. The highest BCUT2D eigenvalue weighted by Gasteiger charge is 2.13.